The number of nitriles is 1. The van der Waals surface area contributed by atoms with Crippen LogP contribution in [0.2, 0.25) is 0 Å². The summed E-state index contributed by atoms with van der Waals surface area (Å²) in [5.74, 6) is 5.10. The molecular formula is C17H14FN3O. The van der Waals surface area contributed by atoms with E-state index in [-0.39, 0.29) is 11.4 Å². The van der Waals surface area contributed by atoms with Gasteiger partial charge in [0.15, 0.2) is 0 Å². The Morgan fingerprint density at radius 3 is 2.68 bits per heavy atom. The highest BCUT2D eigenvalue weighted by Crippen LogP contribution is 2.27. The van der Waals surface area contributed by atoms with Crippen LogP contribution in [0.15, 0.2) is 30.5 Å². The van der Waals surface area contributed by atoms with Gasteiger partial charge in [0, 0.05) is 11.8 Å². The number of aliphatic hydroxyl groups is 1. The van der Waals surface area contributed by atoms with Crippen LogP contribution in [-0.4, -0.2) is 15.7 Å². The molecule has 5 heteroatoms. The Labute approximate surface area is 128 Å². The lowest BCUT2D eigenvalue weighted by Gasteiger charge is -2.10. The second-order valence-electron chi connectivity index (χ2n) is 5.23. The minimum atomic E-state index is -1.18. The molecule has 0 atom stereocenters. The molecule has 0 radical (unpaired) electrons. The third-order valence-corrected chi connectivity index (χ3v) is 2.87. The number of nitrogen functional groups attached to an aromatic ring is 1. The zero-order chi connectivity index (χ0) is 16.3. The SMILES string of the molecule is CC(C)(O)C#Cc1c(-c2ccc(F)c(C#N)c2)ccnc1N. The largest absolute Gasteiger partial charge is 0.383 e. The zero-order valence-electron chi connectivity index (χ0n) is 12.2. The Morgan fingerprint density at radius 1 is 1.32 bits per heavy atom. The Morgan fingerprint density at radius 2 is 2.05 bits per heavy atom. The minimum Gasteiger partial charge on any atom is -0.383 e. The number of rotatable bonds is 1. The molecule has 0 unspecified atom stereocenters. The van der Waals surface area contributed by atoms with E-state index in [1.807, 2.05) is 0 Å². The zero-order valence-corrected chi connectivity index (χ0v) is 12.2. The molecule has 1 aromatic carbocycles. The van der Waals surface area contributed by atoms with Gasteiger partial charge in [0.25, 0.3) is 0 Å². The highest BCUT2D eigenvalue weighted by atomic mass is 19.1. The molecule has 1 aromatic heterocycles. The molecule has 0 aliphatic carbocycles. The number of hydrogen-bond acceptors (Lipinski definition) is 4. The maximum atomic E-state index is 13.4. The van der Waals surface area contributed by atoms with E-state index in [1.165, 1.54) is 18.3 Å². The number of pyridine rings is 1. The molecule has 0 aliphatic heterocycles. The van der Waals surface area contributed by atoms with Crippen molar-refractivity contribution in [3.63, 3.8) is 0 Å². The van der Waals surface area contributed by atoms with E-state index in [4.69, 9.17) is 11.0 Å². The lowest BCUT2D eigenvalue weighted by molar-refractivity contribution is 0.143. The van der Waals surface area contributed by atoms with E-state index in [0.29, 0.717) is 16.7 Å². The molecule has 0 saturated carbocycles. The van der Waals surface area contributed by atoms with E-state index in [1.54, 1.807) is 32.0 Å². The summed E-state index contributed by atoms with van der Waals surface area (Å²) < 4.78 is 13.4. The standard InChI is InChI=1S/C17H14FN3O/c1-17(2,22)7-5-14-13(6-8-21-16(14)20)11-3-4-15(18)12(9-11)10-19/h3-4,6,8-9,22H,1-2H3,(H2,20,21). The van der Waals surface area contributed by atoms with Crippen LogP contribution in [0.3, 0.4) is 0 Å². The fraction of sp³-hybridized carbons (Fsp3) is 0.176. The molecule has 0 fully saturated rings. The summed E-state index contributed by atoms with van der Waals surface area (Å²) in [4.78, 5) is 3.98. The first-order chi connectivity index (χ1) is 10.3. The highest BCUT2D eigenvalue weighted by Gasteiger charge is 2.12. The maximum Gasteiger partial charge on any atom is 0.140 e. The van der Waals surface area contributed by atoms with Gasteiger partial charge >= 0.3 is 0 Å². The Bertz CT molecular complexity index is 821. The third-order valence-electron chi connectivity index (χ3n) is 2.87. The number of nitrogens with two attached hydrogens (primary N) is 1. The van der Waals surface area contributed by atoms with Gasteiger partial charge in [-0.1, -0.05) is 17.9 Å². The summed E-state index contributed by atoms with van der Waals surface area (Å²) >= 11 is 0. The molecule has 0 saturated heterocycles. The average Bonchev–Trinajstić information content (AvgIpc) is 2.45. The number of benzene rings is 1. The number of anilines is 1. The number of hydrogen-bond donors (Lipinski definition) is 2. The first-order valence-electron chi connectivity index (χ1n) is 6.52. The van der Waals surface area contributed by atoms with Gasteiger partial charge in [0.2, 0.25) is 0 Å². The monoisotopic (exact) mass is 295 g/mol. The van der Waals surface area contributed by atoms with Crippen LogP contribution < -0.4 is 5.73 Å². The van der Waals surface area contributed by atoms with Crippen LogP contribution in [0.1, 0.15) is 25.0 Å². The highest BCUT2D eigenvalue weighted by molar-refractivity contribution is 5.76. The predicted molar refractivity (Wildman–Crippen MR) is 81.9 cm³/mol. The van der Waals surface area contributed by atoms with E-state index in [9.17, 15) is 9.50 Å². The fourth-order valence-corrected chi connectivity index (χ4v) is 1.84. The van der Waals surface area contributed by atoms with Gasteiger partial charge in [-0.3, -0.25) is 0 Å². The number of halogens is 1. The quantitative estimate of drug-likeness (QED) is 0.792. The fourth-order valence-electron chi connectivity index (χ4n) is 1.84. The molecule has 0 amide bonds. The van der Waals surface area contributed by atoms with Crippen molar-refractivity contribution in [1.82, 2.24) is 4.98 Å². The van der Waals surface area contributed by atoms with Crippen LogP contribution in [0, 0.1) is 29.0 Å². The van der Waals surface area contributed by atoms with E-state index in [2.05, 4.69) is 16.8 Å². The Hall–Kier alpha value is -2.89. The molecule has 2 aromatic rings. The van der Waals surface area contributed by atoms with E-state index in [0.717, 1.165) is 0 Å². The summed E-state index contributed by atoms with van der Waals surface area (Å²) in [5, 5.41) is 18.7. The smallest absolute Gasteiger partial charge is 0.140 e. The van der Waals surface area contributed by atoms with Gasteiger partial charge in [-0.15, -0.1) is 0 Å². The third kappa shape index (κ3) is 3.41. The summed E-state index contributed by atoms with van der Waals surface area (Å²) in [6.07, 6.45) is 1.51. The molecule has 22 heavy (non-hydrogen) atoms. The molecule has 4 nitrogen and oxygen atoms in total. The molecular weight excluding hydrogens is 281 g/mol. The lowest BCUT2D eigenvalue weighted by Crippen LogP contribution is -2.14. The first kappa shape index (κ1) is 15.5. The van der Waals surface area contributed by atoms with Gasteiger partial charge in [0.05, 0.1) is 11.1 Å². The summed E-state index contributed by atoms with van der Waals surface area (Å²) in [5.41, 5.74) is 6.27. The van der Waals surface area contributed by atoms with Crippen molar-refractivity contribution in [2.24, 2.45) is 0 Å². The van der Waals surface area contributed by atoms with Crippen molar-refractivity contribution >= 4 is 5.82 Å². The Kier molecular flexibility index (Phi) is 4.12. The number of nitrogens with zero attached hydrogens (tertiary/aromatic N) is 2. The van der Waals surface area contributed by atoms with Crippen molar-refractivity contribution in [2.45, 2.75) is 19.4 Å². The van der Waals surface area contributed by atoms with Crippen molar-refractivity contribution < 1.29 is 9.50 Å². The van der Waals surface area contributed by atoms with Gasteiger partial charge in [-0.05, 0) is 37.6 Å². The second kappa shape index (κ2) is 5.85. The van der Waals surface area contributed by atoms with Crippen LogP contribution in [0.25, 0.3) is 11.1 Å². The molecule has 2 rings (SSSR count). The number of aromatic nitrogens is 1. The summed E-state index contributed by atoms with van der Waals surface area (Å²) in [7, 11) is 0. The van der Waals surface area contributed by atoms with Gasteiger partial charge < -0.3 is 10.8 Å². The normalized spacial score (nSPS) is 10.5. The lowest BCUT2D eigenvalue weighted by atomic mass is 9.98. The molecule has 110 valence electrons. The molecule has 0 bridgehead atoms. The van der Waals surface area contributed by atoms with Crippen molar-refractivity contribution in [3.8, 4) is 29.0 Å². The van der Waals surface area contributed by atoms with Crippen molar-refractivity contribution in [2.75, 3.05) is 5.73 Å². The first-order valence-corrected chi connectivity index (χ1v) is 6.52. The van der Waals surface area contributed by atoms with E-state index < -0.39 is 11.4 Å². The van der Waals surface area contributed by atoms with Gasteiger partial charge in [-0.25, -0.2) is 9.37 Å². The Balaban J connectivity index is 2.64. The van der Waals surface area contributed by atoms with Gasteiger partial charge in [-0.2, -0.15) is 5.26 Å². The molecule has 3 N–H and O–H groups in total. The summed E-state index contributed by atoms with van der Waals surface area (Å²) in [6.45, 7) is 3.11. The predicted octanol–water partition coefficient (Wildman–Crippen LogP) is 2.46. The summed E-state index contributed by atoms with van der Waals surface area (Å²) in [6, 6.07) is 7.67. The second-order valence-corrected chi connectivity index (χ2v) is 5.23. The topological polar surface area (TPSA) is 82.9 Å². The van der Waals surface area contributed by atoms with Gasteiger partial charge in [0.1, 0.15) is 23.3 Å². The maximum absolute atomic E-state index is 13.4. The van der Waals surface area contributed by atoms with Crippen LogP contribution in [0.4, 0.5) is 10.2 Å². The minimum absolute atomic E-state index is 0.0609. The van der Waals surface area contributed by atoms with Crippen LogP contribution in [-0.2, 0) is 0 Å². The van der Waals surface area contributed by atoms with Crippen LogP contribution >= 0.6 is 0 Å². The van der Waals surface area contributed by atoms with Crippen LogP contribution in [0.5, 0.6) is 0 Å². The molecule has 1 heterocycles. The van der Waals surface area contributed by atoms with Crippen molar-refractivity contribution in [1.29, 1.82) is 5.26 Å². The van der Waals surface area contributed by atoms with E-state index >= 15 is 0 Å². The molecule has 0 spiro atoms. The van der Waals surface area contributed by atoms with Crippen molar-refractivity contribution in [3.05, 3.63) is 47.4 Å². The average molecular weight is 295 g/mol. The molecule has 0 aliphatic rings.